The molecule has 0 unspecified atom stereocenters. The van der Waals surface area contributed by atoms with Crippen molar-refractivity contribution in [3.05, 3.63) is 64.1 Å². The molecule has 0 fully saturated rings. The molecule has 0 heterocycles. The monoisotopic (exact) mass is 443 g/mol. The number of anilines is 1. The first kappa shape index (κ1) is 26.5. The number of nitrogens with one attached hydrogen (secondary N) is 1. The smallest absolute Gasteiger partial charge is 0.174 e. The first-order chi connectivity index (χ1) is 14.6. The molecule has 0 spiro atoms. The molecule has 0 aliphatic carbocycles. The van der Waals surface area contributed by atoms with Crippen LogP contribution in [0.15, 0.2) is 57.4 Å². The molecule has 0 aromatic heterocycles. The van der Waals surface area contributed by atoms with Gasteiger partial charge in [0.15, 0.2) is 5.84 Å². The molecule has 0 saturated carbocycles. The highest BCUT2D eigenvalue weighted by Crippen LogP contribution is 2.32. The maximum absolute atomic E-state index is 6.28. The molecule has 0 atom stereocenters. The van der Waals surface area contributed by atoms with Crippen molar-refractivity contribution in [1.29, 1.82) is 0 Å². The topological polar surface area (TPSA) is 88.8 Å². The number of hydrogen-bond acceptors (Lipinski definition) is 3. The molecule has 31 heavy (non-hydrogen) atoms. The molecule has 1 rings (SSSR count). The van der Waals surface area contributed by atoms with E-state index >= 15 is 0 Å². The second-order valence-electron chi connectivity index (χ2n) is 7.87. The van der Waals surface area contributed by atoms with Gasteiger partial charge in [0, 0.05) is 11.4 Å². The highest BCUT2D eigenvalue weighted by atomic mass is 35.5. The summed E-state index contributed by atoms with van der Waals surface area (Å²) < 4.78 is 0. The van der Waals surface area contributed by atoms with Crippen LogP contribution in [0.5, 0.6) is 0 Å². The van der Waals surface area contributed by atoms with Gasteiger partial charge < -0.3 is 16.8 Å². The Morgan fingerprint density at radius 1 is 1.13 bits per heavy atom. The van der Waals surface area contributed by atoms with Gasteiger partial charge in [-0.15, -0.1) is 0 Å². The molecule has 0 bridgehead atoms. The van der Waals surface area contributed by atoms with E-state index in [1.54, 1.807) is 26.0 Å². The van der Waals surface area contributed by atoms with Crippen molar-refractivity contribution in [2.75, 3.05) is 5.32 Å². The number of aryl methyl sites for hydroxylation is 2. The fourth-order valence-corrected chi connectivity index (χ4v) is 3.61. The average molecular weight is 444 g/mol. The van der Waals surface area contributed by atoms with E-state index in [4.69, 9.17) is 23.1 Å². The van der Waals surface area contributed by atoms with Gasteiger partial charge in [0.25, 0.3) is 0 Å². The Balaban J connectivity index is 3.21. The van der Waals surface area contributed by atoms with E-state index < -0.39 is 0 Å². The quantitative estimate of drug-likeness (QED) is 0.280. The standard InChI is InChI=1S/C25H38ClN5/c1-8-11-20(12-9-2)21-13-17(5)23(14-16(21)4)29-19(7)30-25(22(26)10-3)31-24(28)15-18(6)27/h10,13-15,20,29H,7-9,11-12,27H2,1-6H3,(H2,28,30,31)/b18-15-,22-10+. The molecular weight excluding hydrogens is 406 g/mol. The van der Waals surface area contributed by atoms with Gasteiger partial charge in [-0.05, 0) is 75.3 Å². The van der Waals surface area contributed by atoms with E-state index in [2.05, 4.69) is 61.7 Å². The predicted octanol–water partition coefficient (Wildman–Crippen LogP) is 6.63. The molecule has 6 heteroatoms. The summed E-state index contributed by atoms with van der Waals surface area (Å²) in [5.74, 6) is 1.52. The number of nitrogens with two attached hydrogens (primary N) is 2. The summed E-state index contributed by atoms with van der Waals surface area (Å²) in [4.78, 5) is 8.72. The van der Waals surface area contributed by atoms with E-state index in [0.717, 1.165) is 11.3 Å². The van der Waals surface area contributed by atoms with Crippen molar-refractivity contribution in [3.8, 4) is 0 Å². The lowest BCUT2D eigenvalue weighted by molar-refractivity contribution is 0.558. The highest BCUT2D eigenvalue weighted by Gasteiger charge is 2.15. The van der Waals surface area contributed by atoms with Gasteiger partial charge in [-0.3, -0.25) is 0 Å². The Hall–Kier alpha value is -2.53. The van der Waals surface area contributed by atoms with E-state index in [9.17, 15) is 0 Å². The second kappa shape index (κ2) is 13.0. The summed E-state index contributed by atoms with van der Waals surface area (Å²) in [6.45, 7) is 16.3. The number of nitrogens with zero attached hydrogens (tertiary/aromatic N) is 2. The number of benzene rings is 1. The summed E-state index contributed by atoms with van der Waals surface area (Å²) in [5.41, 5.74) is 16.9. The maximum Gasteiger partial charge on any atom is 0.174 e. The molecule has 5 nitrogen and oxygen atoms in total. The van der Waals surface area contributed by atoms with Crippen LogP contribution in [0.1, 0.15) is 76.0 Å². The molecule has 0 aliphatic heterocycles. The Morgan fingerprint density at radius 3 is 2.26 bits per heavy atom. The van der Waals surface area contributed by atoms with Crippen molar-refractivity contribution in [2.24, 2.45) is 21.5 Å². The Kier molecular flexibility index (Phi) is 11.1. The first-order valence-electron chi connectivity index (χ1n) is 10.9. The van der Waals surface area contributed by atoms with Crippen LogP contribution in [-0.4, -0.2) is 11.7 Å². The lowest BCUT2D eigenvalue weighted by atomic mass is 9.86. The molecule has 0 aliphatic rings. The summed E-state index contributed by atoms with van der Waals surface area (Å²) in [5, 5.41) is 3.66. The summed E-state index contributed by atoms with van der Waals surface area (Å²) in [6, 6.07) is 4.45. The average Bonchev–Trinajstić information content (AvgIpc) is 2.68. The predicted molar refractivity (Wildman–Crippen MR) is 138 cm³/mol. The van der Waals surface area contributed by atoms with Crippen molar-refractivity contribution in [1.82, 2.24) is 0 Å². The summed E-state index contributed by atoms with van der Waals surface area (Å²) in [7, 11) is 0. The van der Waals surface area contributed by atoms with Crippen LogP contribution < -0.4 is 16.8 Å². The van der Waals surface area contributed by atoms with E-state index in [-0.39, 0.29) is 11.7 Å². The molecule has 0 amide bonds. The minimum absolute atomic E-state index is 0.223. The van der Waals surface area contributed by atoms with Gasteiger partial charge in [-0.1, -0.05) is 57.0 Å². The molecule has 170 valence electrons. The normalized spacial score (nSPS) is 13.7. The minimum atomic E-state index is 0.223. The van der Waals surface area contributed by atoms with Crippen molar-refractivity contribution in [3.63, 3.8) is 0 Å². The third-order valence-electron chi connectivity index (χ3n) is 4.92. The number of allylic oxidation sites excluding steroid dienone is 2. The zero-order valence-electron chi connectivity index (χ0n) is 19.8. The van der Waals surface area contributed by atoms with Gasteiger partial charge >= 0.3 is 0 Å². The molecule has 0 saturated heterocycles. The van der Waals surface area contributed by atoms with Crippen LogP contribution in [0.4, 0.5) is 5.69 Å². The van der Waals surface area contributed by atoms with Gasteiger partial charge in [0.1, 0.15) is 11.7 Å². The van der Waals surface area contributed by atoms with Gasteiger partial charge in [-0.2, -0.15) is 0 Å². The van der Waals surface area contributed by atoms with Crippen molar-refractivity contribution < 1.29 is 0 Å². The van der Waals surface area contributed by atoms with E-state index in [1.807, 2.05) is 0 Å². The van der Waals surface area contributed by atoms with Crippen LogP contribution in [0.25, 0.3) is 0 Å². The van der Waals surface area contributed by atoms with E-state index in [1.165, 1.54) is 36.8 Å². The number of rotatable bonds is 10. The SMILES string of the molecule is C=C(/N=C(/N=C(N)/C=C(/C)N)C(\Cl)=C/C)Nc1cc(C)c(C(CCC)CCC)cc1C. The molecule has 5 N–H and O–H groups in total. The molecule has 1 aromatic rings. The molecule has 1 aromatic carbocycles. The van der Waals surface area contributed by atoms with Crippen LogP contribution in [0.3, 0.4) is 0 Å². The number of amidine groups is 2. The summed E-state index contributed by atoms with van der Waals surface area (Å²) in [6.07, 6.45) is 8.05. The Labute approximate surface area is 193 Å². The Morgan fingerprint density at radius 2 is 1.74 bits per heavy atom. The van der Waals surface area contributed by atoms with Crippen molar-refractivity contribution in [2.45, 2.75) is 73.1 Å². The van der Waals surface area contributed by atoms with Gasteiger partial charge in [0.05, 0.1) is 5.03 Å². The Bertz CT molecular complexity index is 883. The van der Waals surface area contributed by atoms with Crippen molar-refractivity contribution >= 4 is 29.0 Å². The fourth-order valence-electron chi connectivity index (χ4n) is 3.53. The van der Waals surface area contributed by atoms with Gasteiger partial charge in [0.2, 0.25) is 0 Å². The number of hydrogen-bond donors (Lipinski definition) is 3. The lowest BCUT2D eigenvalue weighted by Gasteiger charge is -2.21. The second-order valence-corrected chi connectivity index (χ2v) is 8.27. The van der Waals surface area contributed by atoms with Gasteiger partial charge in [-0.25, -0.2) is 9.98 Å². The largest absolute Gasteiger partial charge is 0.402 e. The first-order valence-corrected chi connectivity index (χ1v) is 11.3. The molecular formula is C25H38ClN5. The number of aliphatic imine (C=N–C) groups is 2. The van der Waals surface area contributed by atoms with Crippen LogP contribution in [0.2, 0.25) is 0 Å². The van der Waals surface area contributed by atoms with E-state index in [0.29, 0.717) is 22.5 Å². The minimum Gasteiger partial charge on any atom is -0.402 e. The zero-order valence-corrected chi connectivity index (χ0v) is 20.6. The fraction of sp³-hybridized carbons (Fsp3) is 0.440. The number of halogens is 1. The third kappa shape index (κ3) is 8.62. The summed E-state index contributed by atoms with van der Waals surface area (Å²) >= 11 is 6.28. The third-order valence-corrected chi connectivity index (χ3v) is 5.31. The molecule has 0 radical (unpaired) electrons. The maximum atomic E-state index is 6.28. The zero-order chi connectivity index (χ0) is 23.6. The van der Waals surface area contributed by atoms with Crippen LogP contribution in [-0.2, 0) is 0 Å². The lowest BCUT2D eigenvalue weighted by Crippen LogP contribution is -2.14. The van der Waals surface area contributed by atoms with Crippen LogP contribution in [0, 0.1) is 13.8 Å². The van der Waals surface area contributed by atoms with Crippen LogP contribution >= 0.6 is 11.6 Å². The highest BCUT2D eigenvalue weighted by molar-refractivity contribution is 6.44.